The fraction of sp³-hybridized carbons (Fsp3) is 0.286. The Balaban J connectivity index is -0.000000162. The van der Waals surface area contributed by atoms with Crippen LogP contribution in [-0.4, -0.2) is 117 Å². The Hall–Kier alpha value is 2.68. The first-order chi connectivity index (χ1) is 34.6. The molecule has 0 amide bonds. The number of aliphatic hydroxyl groups is 1. The van der Waals surface area contributed by atoms with E-state index in [2.05, 4.69) is 116 Å². The Bertz CT molecular complexity index is 3460. The molecule has 0 fully saturated rings. The molecule has 1 atom stereocenters. The number of hydrogen-bond donors (Lipinski definition) is 4. The monoisotopic (exact) mass is 1790 g/mol. The van der Waals surface area contributed by atoms with Crippen molar-refractivity contribution in [1.29, 1.82) is 0 Å². The summed E-state index contributed by atoms with van der Waals surface area (Å²) in [4.78, 5) is 1.59. The molecule has 81 heavy (non-hydrogen) atoms. The summed E-state index contributed by atoms with van der Waals surface area (Å²) in [6.45, 7) is 0. The van der Waals surface area contributed by atoms with Crippen LogP contribution in [0.15, 0.2) is 147 Å². The minimum absolute atomic E-state index is 0. The summed E-state index contributed by atoms with van der Waals surface area (Å²) in [6.07, 6.45) is 4.36. The zero-order valence-electron chi connectivity index (χ0n) is 44.4. The third kappa shape index (κ3) is 32.5. The van der Waals surface area contributed by atoms with Crippen molar-refractivity contribution >= 4 is 212 Å². The molecule has 0 aliphatic carbocycles. The Morgan fingerprint density at radius 2 is 0.963 bits per heavy atom. The first-order valence-electron chi connectivity index (χ1n) is 20.3. The molecule has 5 aromatic carbocycles. The van der Waals surface area contributed by atoms with Crippen LogP contribution in [0, 0.1) is 0 Å². The molecule has 3 heterocycles. The van der Waals surface area contributed by atoms with E-state index in [4.69, 9.17) is 34.8 Å². The van der Waals surface area contributed by atoms with E-state index >= 15 is 0 Å². The Labute approximate surface area is 616 Å². The van der Waals surface area contributed by atoms with Crippen LogP contribution >= 0.6 is 135 Å². The van der Waals surface area contributed by atoms with Gasteiger partial charge in [-0.3, -0.25) is 4.39 Å². The van der Waals surface area contributed by atoms with Crippen molar-refractivity contribution in [2.45, 2.75) is 57.3 Å². The van der Waals surface area contributed by atoms with Crippen LogP contribution in [0.25, 0.3) is 0 Å². The van der Waals surface area contributed by atoms with Crippen molar-refractivity contribution in [3.63, 3.8) is 0 Å². The van der Waals surface area contributed by atoms with Crippen LogP contribution in [0.4, 0.5) is 4.39 Å². The van der Waals surface area contributed by atoms with E-state index in [9.17, 15) is 55.8 Å². The van der Waals surface area contributed by atoms with Gasteiger partial charge in [0.05, 0.1) is 51.5 Å². The van der Waals surface area contributed by atoms with Gasteiger partial charge in [-0.2, -0.15) is 0 Å². The van der Waals surface area contributed by atoms with Crippen LogP contribution in [0.3, 0.4) is 0 Å². The number of rotatable bonds is 3. The van der Waals surface area contributed by atoms with Crippen molar-refractivity contribution in [3.05, 3.63) is 139 Å². The minimum atomic E-state index is -4.06. The largest absolute Gasteiger partial charge is 1.00 e. The number of aliphatic hydroxyl groups excluding tert-OH is 1. The number of benzene rings is 5. The van der Waals surface area contributed by atoms with Crippen LogP contribution in [0.1, 0.15) is 39.4 Å². The van der Waals surface area contributed by atoms with E-state index in [1.165, 1.54) is 6.26 Å². The number of sulfone groups is 4. The van der Waals surface area contributed by atoms with Gasteiger partial charge in [0.2, 0.25) is 0 Å². The van der Waals surface area contributed by atoms with Gasteiger partial charge >= 0.3 is 88.7 Å². The number of alkyl halides is 1. The van der Waals surface area contributed by atoms with Crippen molar-refractivity contribution in [1.82, 2.24) is 0 Å². The maximum atomic E-state index is 11.7. The third-order valence-corrected chi connectivity index (χ3v) is 24.0. The van der Waals surface area contributed by atoms with Gasteiger partial charge in [-0.15, -0.1) is 16.7 Å². The van der Waals surface area contributed by atoms with E-state index in [1.54, 1.807) is 66.7 Å². The van der Waals surface area contributed by atoms with Gasteiger partial charge in [-0.05, 0) is 184 Å². The van der Waals surface area contributed by atoms with Crippen molar-refractivity contribution in [2.24, 2.45) is 0 Å². The zero-order valence-corrected chi connectivity index (χ0v) is 66.8. The van der Waals surface area contributed by atoms with Crippen LogP contribution in [-0.2, 0) is 94.6 Å². The molecule has 0 saturated heterocycles. The second kappa shape index (κ2) is 41.2. The van der Waals surface area contributed by atoms with Gasteiger partial charge in [-0.1, -0.05) is 56.0 Å². The molecule has 0 bridgehead atoms. The maximum Gasteiger partial charge on any atom is 1.00 e. The molecule has 8 rings (SSSR count). The zero-order chi connectivity index (χ0) is 59.0. The molecule has 0 saturated carbocycles. The summed E-state index contributed by atoms with van der Waals surface area (Å²) in [7, 11) is -18.9. The van der Waals surface area contributed by atoms with Gasteiger partial charge in [0.25, 0.3) is 9.05 Å². The first kappa shape index (κ1) is 92.4. The number of fused-ring (bicyclic) bond motifs is 3. The van der Waals surface area contributed by atoms with Crippen molar-refractivity contribution < 1.29 is 174 Å². The quantitative estimate of drug-likeness (QED) is 0.0384. The minimum Gasteiger partial charge on any atom is -1.00 e. The fourth-order valence-electron chi connectivity index (χ4n) is 6.15. The number of halogens is 10. The molecule has 1 unspecified atom stereocenters. The molecule has 39 heteroatoms. The molecule has 3 radical (unpaired) electrons. The summed E-state index contributed by atoms with van der Waals surface area (Å²) in [5, 5.41) is 17.1. The SMILES string of the molecule is C.CS(=O)(=O)c1c(Br)cccc1Br.CS(C)(=O)(O)OO.Cl.O=S(=O)(Cl)c1c(Br)cccc1Br.O=S1(=O)CC(O)c2cccc(Br)c21.O=S1(=O)CCCc2cccc(Br)c21.O=S1(=O)CCc2cccc(Br)c21.O=[S-](=O)O.[2H]CF.[B].[H-].[Na+].[Na+].[Na+]. The molecule has 0 aromatic heterocycles. The van der Waals surface area contributed by atoms with Crippen LogP contribution < -0.4 is 88.7 Å². The predicted octanol–water partition coefficient (Wildman–Crippen LogP) is 3.07. The summed E-state index contributed by atoms with van der Waals surface area (Å²) < 4.78 is 179. The maximum absolute atomic E-state index is 11.7. The smallest absolute Gasteiger partial charge is 1.00 e. The van der Waals surface area contributed by atoms with E-state index in [-0.39, 0.29) is 145 Å². The second-order valence-electron chi connectivity index (χ2n) is 15.2. The normalized spacial score (nSPS) is 15.5. The average molecular weight is 1800 g/mol. The molecule has 3 aliphatic rings. The summed E-state index contributed by atoms with van der Waals surface area (Å²) in [6, 6.07) is 26.1. The molecule has 5 aromatic rings. The average Bonchev–Trinajstić information content (AvgIpc) is 3.70. The second-order valence-corrected chi connectivity index (χ2v) is 35.6. The van der Waals surface area contributed by atoms with E-state index < -0.39 is 82.3 Å². The van der Waals surface area contributed by atoms with Gasteiger partial charge in [0.1, 0.15) is 14.5 Å². The molecular formula is C42H50BBr7Cl2FNa3O18S7+. The summed E-state index contributed by atoms with van der Waals surface area (Å²) in [5.74, 6) is 0.332. The Kier molecular flexibility index (Phi) is 47.0. The molecule has 18 nitrogen and oxygen atoms in total. The predicted molar refractivity (Wildman–Crippen MR) is 331 cm³/mol. The number of hydrogen-bond acceptors (Lipinski definition) is 17. The standard InChI is InChI=1S/C9H9BrO2S.C8H7BrO3S.C8H7BrO2S.C7H6Br2O2S.C6H3Br2ClO2S.C2H8O4S.CH3F.CH4.B.ClH.3Na.HO3S.H/c10-8-5-1-3-7-4-2-6-13(11,12)9(7)8;9-6-3-1-2-5-7(10)4-13(11,12)8(5)6;9-7-3-1-2-6-4-5-12(10,11)8(6)7;1-12(10,11)7-5(8)3-2-4-6(7)9;7-4-2-1-3-5(8)6(4)12(9,10)11;1-7(2,4,5)6-3;1-2;;;;;;;1-4(2)3;/h1,3,5H,2,4,6H2;1-3,7,10H,4H2;1-3H,4-5H2;2-4H,1H3;1-3H;3H,1-2H3,(H,4,5);1H3;1H4;;1H;;;;(H,1,2,3);/q;;;;;;;;;;3*+1;2*-1/i;;;;;;1D;;;;;;;;. The number of aryl methyl sites for hydroxylation is 2. The third-order valence-electron chi connectivity index (χ3n) is 8.93. The first-order valence-corrected chi connectivity index (χ1v) is 38.0. The Morgan fingerprint density at radius 3 is 1.26 bits per heavy atom. The van der Waals surface area contributed by atoms with E-state index in [0.717, 1.165) is 36.5 Å². The molecule has 3 aliphatic heterocycles. The van der Waals surface area contributed by atoms with Gasteiger partial charge in [0.15, 0.2) is 39.3 Å². The van der Waals surface area contributed by atoms with Crippen LogP contribution in [0.5, 0.6) is 0 Å². The topological polar surface area (TPSA) is 312 Å². The van der Waals surface area contributed by atoms with Gasteiger partial charge in [-0.25, -0.2) is 51.6 Å². The fourth-order valence-corrected chi connectivity index (χ4v) is 22.1. The molecule has 0 spiro atoms. The molecular weight excluding hydrogens is 1750 g/mol. The molecule has 443 valence electrons. The molecule has 4 N–H and O–H groups in total. The summed E-state index contributed by atoms with van der Waals surface area (Å²) >= 11 is 22.2. The summed E-state index contributed by atoms with van der Waals surface area (Å²) in [5.41, 5.74) is 2.37. The van der Waals surface area contributed by atoms with Crippen molar-refractivity contribution in [3.8, 4) is 0 Å². The van der Waals surface area contributed by atoms with E-state index in [0.29, 0.717) is 58.0 Å². The Morgan fingerprint density at radius 1 is 0.667 bits per heavy atom. The van der Waals surface area contributed by atoms with Crippen molar-refractivity contribution in [2.75, 3.05) is 43.2 Å². The van der Waals surface area contributed by atoms with Gasteiger partial charge in [0, 0.05) is 85.7 Å². The van der Waals surface area contributed by atoms with Gasteiger partial charge < -0.3 is 24.1 Å². The van der Waals surface area contributed by atoms with Crippen LogP contribution in [0.2, 0.25) is 0 Å². The van der Waals surface area contributed by atoms with E-state index in [1.807, 2.05) is 24.3 Å².